The number of rotatable bonds is 1. The van der Waals surface area contributed by atoms with Gasteiger partial charge in [-0.3, -0.25) is 0 Å². The van der Waals surface area contributed by atoms with E-state index in [4.69, 9.17) is 10.00 Å². The maximum absolute atomic E-state index is 9.45. The normalized spacial score (nSPS) is 19.6. The van der Waals surface area contributed by atoms with E-state index in [-0.39, 0.29) is 5.57 Å². The van der Waals surface area contributed by atoms with Crippen molar-refractivity contribution in [1.82, 2.24) is 0 Å². The van der Waals surface area contributed by atoms with E-state index in [1.54, 1.807) is 6.08 Å². The second-order valence-corrected chi connectivity index (χ2v) is 3.10. The standard InChI is InChI=1S/C12H9NO2/c13-8-11-10(6-7-15-12(11)14)9-4-2-1-3-5-9/h1-7,12,14H. The van der Waals surface area contributed by atoms with Crippen LogP contribution in [0, 0.1) is 11.3 Å². The third-order valence-electron chi connectivity index (χ3n) is 2.18. The van der Waals surface area contributed by atoms with Gasteiger partial charge in [0.05, 0.1) is 6.26 Å². The minimum atomic E-state index is -1.16. The highest BCUT2D eigenvalue weighted by Gasteiger charge is 2.19. The van der Waals surface area contributed by atoms with Crippen LogP contribution in [-0.4, -0.2) is 11.4 Å². The fourth-order valence-electron chi connectivity index (χ4n) is 1.46. The summed E-state index contributed by atoms with van der Waals surface area (Å²) in [7, 11) is 0. The molecule has 1 atom stereocenters. The average molecular weight is 199 g/mol. The Morgan fingerprint density at radius 2 is 2.00 bits per heavy atom. The molecule has 0 amide bonds. The van der Waals surface area contributed by atoms with Gasteiger partial charge in [0.1, 0.15) is 11.6 Å². The van der Waals surface area contributed by atoms with E-state index >= 15 is 0 Å². The molecule has 3 nitrogen and oxygen atoms in total. The Bertz CT molecular complexity index is 454. The molecule has 2 rings (SSSR count). The second-order valence-electron chi connectivity index (χ2n) is 3.10. The molecular formula is C12H9NO2. The number of ether oxygens (including phenoxy) is 1. The quantitative estimate of drug-likeness (QED) is 0.750. The molecule has 1 aliphatic heterocycles. The first-order chi connectivity index (χ1) is 7.33. The summed E-state index contributed by atoms with van der Waals surface area (Å²) in [4.78, 5) is 0. The van der Waals surface area contributed by atoms with E-state index in [1.165, 1.54) is 6.26 Å². The zero-order valence-electron chi connectivity index (χ0n) is 7.92. The van der Waals surface area contributed by atoms with Crippen LogP contribution in [0.5, 0.6) is 0 Å². The first-order valence-electron chi connectivity index (χ1n) is 4.52. The SMILES string of the molecule is N#CC1=C(c2ccccc2)C=COC1O. The molecule has 0 fully saturated rings. The van der Waals surface area contributed by atoms with E-state index in [0.717, 1.165) is 5.56 Å². The highest BCUT2D eigenvalue weighted by Crippen LogP contribution is 2.25. The molecule has 0 spiro atoms. The van der Waals surface area contributed by atoms with Crippen molar-refractivity contribution in [2.75, 3.05) is 0 Å². The Labute approximate surface area is 87.5 Å². The summed E-state index contributed by atoms with van der Waals surface area (Å²) < 4.78 is 4.83. The summed E-state index contributed by atoms with van der Waals surface area (Å²) >= 11 is 0. The molecule has 0 radical (unpaired) electrons. The molecule has 1 N–H and O–H groups in total. The predicted octanol–water partition coefficient (Wildman–Crippen LogP) is 1.83. The fourth-order valence-corrected chi connectivity index (χ4v) is 1.46. The van der Waals surface area contributed by atoms with Gasteiger partial charge in [0.2, 0.25) is 6.29 Å². The van der Waals surface area contributed by atoms with Crippen molar-refractivity contribution in [3.05, 3.63) is 53.8 Å². The minimum absolute atomic E-state index is 0.240. The fraction of sp³-hybridized carbons (Fsp3) is 0.0833. The summed E-state index contributed by atoms with van der Waals surface area (Å²) in [6, 6.07) is 11.4. The molecule has 0 aliphatic carbocycles. The minimum Gasteiger partial charge on any atom is -0.468 e. The number of hydrogen-bond acceptors (Lipinski definition) is 3. The molecule has 74 valence electrons. The third-order valence-corrected chi connectivity index (χ3v) is 2.18. The molecule has 1 aliphatic rings. The van der Waals surface area contributed by atoms with Gasteiger partial charge in [-0.2, -0.15) is 5.26 Å². The molecule has 1 aromatic carbocycles. The van der Waals surface area contributed by atoms with Crippen molar-refractivity contribution >= 4 is 5.57 Å². The summed E-state index contributed by atoms with van der Waals surface area (Å²) in [6.45, 7) is 0. The van der Waals surface area contributed by atoms with Crippen LogP contribution in [0.15, 0.2) is 48.2 Å². The lowest BCUT2D eigenvalue weighted by Crippen LogP contribution is -2.15. The third kappa shape index (κ3) is 1.76. The summed E-state index contributed by atoms with van der Waals surface area (Å²) in [5, 5.41) is 18.4. The van der Waals surface area contributed by atoms with Gasteiger partial charge in [0, 0.05) is 5.57 Å². The number of nitriles is 1. The molecule has 3 heteroatoms. The lowest BCUT2D eigenvalue weighted by atomic mass is 9.99. The van der Waals surface area contributed by atoms with E-state index < -0.39 is 6.29 Å². The van der Waals surface area contributed by atoms with Crippen molar-refractivity contribution < 1.29 is 9.84 Å². The van der Waals surface area contributed by atoms with Crippen molar-refractivity contribution in [3.63, 3.8) is 0 Å². The Kier molecular flexibility index (Phi) is 2.53. The molecular weight excluding hydrogens is 190 g/mol. The second kappa shape index (κ2) is 3.99. The number of hydrogen-bond donors (Lipinski definition) is 1. The number of aliphatic hydroxyl groups is 1. The lowest BCUT2D eigenvalue weighted by molar-refractivity contribution is -0.0186. The number of allylic oxidation sites excluding steroid dienone is 2. The molecule has 0 bridgehead atoms. The molecule has 0 saturated heterocycles. The lowest BCUT2D eigenvalue weighted by Gasteiger charge is -2.17. The van der Waals surface area contributed by atoms with Gasteiger partial charge in [-0.25, -0.2) is 0 Å². The maximum Gasteiger partial charge on any atom is 0.233 e. The zero-order chi connectivity index (χ0) is 10.7. The topological polar surface area (TPSA) is 53.2 Å². The monoisotopic (exact) mass is 199 g/mol. The average Bonchev–Trinajstić information content (AvgIpc) is 2.30. The Morgan fingerprint density at radius 1 is 1.27 bits per heavy atom. The van der Waals surface area contributed by atoms with Gasteiger partial charge in [-0.05, 0) is 11.6 Å². The van der Waals surface area contributed by atoms with Crippen molar-refractivity contribution in [1.29, 1.82) is 5.26 Å². The van der Waals surface area contributed by atoms with Gasteiger partial charge in [-0.15, -0.1) is 0 Å². The van der Waals surface area contributed by atoms with E-state index in [9.17, 15) is 5.11 Å². The number of nitrogens with zero attached hydrogens (tertiary/aromatic N) is 1. The van der Waals surface area contributed by atoms with Gasteiger partial charge >= 0.3 is 0 Å². The molecule has 1 unspecified atom stereocenters. The number of aliphatic hydroxyl groups excluding tert-OH is 1. The Balaban J connectivity index is 2.52. The molecule has 1 aromatic rings. The Morgan fingerprint density at radius 3 is 2.67 bits per heavy atom. The highest BCUT2D eigenvalue weighted by atomic mass is 16.6. The highest BCUT2D eigenvalue weighted by molar-refractivity contribution is 5.80. The van der Waals surface area contributed by atoms with Gasteiger partial charge in [0.15, 0.2) is 0 Å². The van der Waals surface area contributed by atoms with Crippen LogP contribution in [0.2, 0.25) is 0 Å². The van der Waals surface area contributed by atoms with Gasteiger partial charge in [-0.1, -0.05) is 30.3 Å². The first-order valence-corrected chi connectivity index (χ1v) is 4.52. The van der Waals surface area contributed by atoms with Crippen molar-refractivity contribution in [2.24, 2.45) is 0 Å². The molecule has 1 heterocycles. The summed E-state index contributed by atoms with van der Waals surface area (Å²) in [5.41, 5.74) is 1.84. The first kappa shape index (κ1) is 9.50. The maximum atomic E-state index is 9.45. The van der Waals surface area contributed by atoms with Crippen LogP contribution >= 0.6 is 0 Å². The predicted molar refractivity (Wildman–Crippen MR) is 55.2 cm³/mol. The molecule has 0 saturated carbocycles. The van der Waals surface area contributed by atoms with E-state index in [0.29, 0.717) is 5.57 Å². The summed E-state index contributed by atoms with van der Waals surface area (Å²) in [5.74, 6) is 0. The smallest absolute Gasteiger partial charge is 0.233 e. The largest absolute Gasteiger partial charge is 0.468 e. The van der Waals surface area contributed by atoms with Crippen molar-refractivity contribution in [2.45, 2.75) is 6.29 Å². The molecule has 0 aromatic heterocycles. The van der Waals surface area contributed by atoms with Crippen LogP contribution in [-0.2, 0) is 4.74 Å². The van der Waals surface area contributed by atoms with E-state index in [2.05, 4.69) is 0 Å². The zero-order valence-corrected chi connectivity index (χ0v) is 7.92. The molecule has 15 heavy (non-hydrogen) atoms. The summed E-state index contributed by atoms with van der Waals surface area (Å²) in [6.07, 6.45) is 1.92. The van der Waals surface area contributed by atoms with Gasteiger partial charge in [0.25, 0.3) is 0 Å². The van der Waals surface area contributed by atoms with Crippen LogP contribution in [0.1, 0.15) is 5.56 Å². The van der Waals surface area contributed by atoms with Crippen molar-refractivity contribution in [3.8, 4) is 6.07 Å². The van der Waals surface area contributed by atoms with Gasteiger partial charge < -0.3 is 9.84 Å². The van der Waals surface area contributed by atoms with E-state index in [1.807, 2.05) is 36.4 Å². The van der Waals surface area contributed by atoms with Crippen LogP contribution in [0.4, 0.5) is 0 Å². The van der Waals surface area contributed by atoms with Crippen LogP contribution in [0.25, 0.3) is 5.57 Å². The Hall–Kier alpha value is -2.05. The van der Waals surface area contributed by atoms with Crippen LogP contribution in [0.3, 0.4) is 0 Å². The number of benzene rings is 1. The van der Waals surface area contributed by atoms with Crippen LogP contribution < -0.4 is 0 Å².